The van der Waals surface area contributed by atoms with Crippen molar-refractivity contribution in [2.24, 2.45) is 0 Å². The van der Waals surface area contributed by atoms with Gasteiger partial charge in [0.25, 0.3) is 0 Å². The molecular weight excluding hydrogens is 308 g/mol. The van der Waals surface area contributed by atoms with E-state index < -0.39 is 0 Å². The third-order valence-corrected chi connectivity index (χ3v) is 3.48. The number of carbonyl (C=O) groups is 2. The van der Waals surface area contributed by atoms with E-state index in [1.807, 2.05) is 36.4 Å². The van der Waals surface area contributed by atoms with Crippen molar-refractivity contribution in [3.05, 3.63) is 47.8 Å². The molecule has 0 amide bonds. The number of esters is 2. The topological polar surface area (TPSA) is 78.4 Å². The second-order valence-corrected chi connectivity index (χ2v) is 5.37. The molecule has 0 fully saturated rings. The molecule has 0 atom stereocenters. The van der Waals surface area contributed by atoms with Gasteiger partial charge in [-0.1, -0.05) is 24.3 Å². The molecule has 1 aromatic carbocycles. The van der Waals surface area contributed by atoms with Crippen LogP contribution >= 0.6 is 0 Å². The van der Waals surface area contributed by atoms with Crippen molar-refractivity contribution in [1.82, 2.24) is 9.97 Å². The van der Waals surface area contributed by atoms with E-state index in [9.17, 15) is 9.59 Å². The summed E-state index contributed by atoms with van der Waals surface area (Å²) in [6.07, 6.45) is 0. The molecule has 0 unspecified atom stereocenters. The van der Waals surface area contributed by atoms with Crippen LogP contribution in [0.1, 0.15) is 25.2 Å². The number of hydrogen-bond acceptors (Lipinski definition) is 6. The molecule has 0 radical (unpaired) electrons. The lowest BCUT2D eigenvalue weighted by molar-refractivity contribution is -0.143. The molecule has 122 valence electrons. The highest BCUT2D eigenvalue weighted by Gasteiger charge is 2.08. The lowest BCUT2D eigenvalue weighted by Crippen LogP contribution is -2.02. The number of ether oxygens (including phenoxy) is 2. The Labute approximate surface area is 138 Å². The Morgan fingerprint density at radius 3 is 1.50 bits per heavy atom. The Morgan fingerprint density at radius 1 is 0.750 bits per heavy atom. The van der Waals surface area contributed by atoms with Crippen LogP contribution in [0.3, 0.4) is 0 Å². The van der Waals surface area contributed by atoms with E-state index >= 15 is 0 Å². The number of nitrogens with zero attached hydrogens (tertiary/aromatic N) is 2. The second kappa shape index (κ2) is 6.62. The molecule has 0 saturated carbocycles. The molecule has 0 aliphatic heterocycles. The molecule has 3 rings (SSSR count). The van der Waals surface area contributed by atoms with Gasteiger partial charge in [0.15, 0.2) is 0 Å². The fourth-order valence-corrected chi connectivity index (χ4v) is 2.36. The van der Waals surface area contributed by atoms with Crippen molar-refractivity contribution in [3.8, 4) is 0 Å². The van der Waals surface area contributed by atoms with Crippen LogP contribution in [-0.2, 0) is 32.3 Å². The van der Waals surface area contributed by atoms with Crippen LogP contribution in [0.15, 0.2) is 36.4 Å². The highest BCUT2D eigenvalue weighted by molar-refractivity contribution is 6.02. The van der Waals surface area contributed by atoms with E-state index in [0.29, 0.717) is 11.4 Å². The number of fused-ring (bicyclic) bond motifs is 3. The Hall–Kier alpha value is -3.02. The summed E-state index contributed by atoms with van der Waals surface area (Å²) in [5.74, 6) is -0.701. The van der Waals surface area contributed by atoms with Crippen molar-refractivity contribution in [1.29, 1.82) is 0 Å². The second-order valence-electron chi connectivity index (χ2n) is 5.37. The summed E-state index contributed by atoms with van der Waals surface area (Å²) in [6.45, 7) is 2.96. The van der Waals surface area contributed by atoms with Gasteiger partial charge in [-0.15, -0.1) is 0 Å². The van der Waals surface area contributed by atoms with Gasteiger partial charge < -0.3 is 9.47 Å². The Morgan fingerprint density at radius 2 is 1.12 bits per heavy atom. The van der Waals surface area contributed by atoms with Crippen LogP contribution in [-0.4, -0.2) is 21.9 Å². The van der Waals surface area contributed by atoms with Crippen LogP contribution in [0, 0.1) is 0 Å². The van der Waals surface area contributed by atoms with Gasteiger partial charge in [0.05, 0.1) is 22.4 Å². The summed E-state index contributed by atoms with van der Waals surface area (Å²) in [4.78, 5) is 31.1. The average Bonchev–Trinajstić information content (AvgIpc) is 2.57. The standard InChI is InChI=1S/C18H16N2O4/c1-11(21)23-9-15-7-5-13-3-4-14-6-8-16(10-24-12(2)22)20-18(14)17(13)19-15/h3-8H,9-10H2,1-2H3. The largest absolute Gasteiger partial charge is 0.459 e. The zero-order valence-electron chi connectivity index (χ0n) is 13.4. The molecule has 6 heteroatoms. The fraction of sp³-hybridized carbons (Fsp3) is 0.222. The zero-order valence-corrected chi connectivity index (χ0v) is 13.4. The third-order valence-electron chi connectivity index (χ3n) is 3.48. The summed E-state index contributed by atoms with van der Waals surface area (Å²) in [5, 5.41) is 1.87. The smallest absolute Gasteiger partial charge is 0.303 e. The minimum atomic E-state index is -0.350. The lowest BCUT2D eigenvalue weighted by Gasteiger charge is -2.08. The molecule has 0 aliphatic carbocycles. The maximum absolute atomic E-state index is 11.0. The predicted molar refractivity (Wildman–Crippen MR) is 88.0 cm³/mol. The number of rotatable bonds is 4. The van der Waals surface area contributed by atoms with Gasteiger partial charge in [-0.2, -0.15) is 0 Å². The maximum Gasteiger partial charge on any atom is 0.303 e. The van der Waals surface area contributed by atoms with Crippen LogP contribution in [0.5, 0.6) is 0 Å². The van der Waals surface area contributed by atoms with Gasteiger partial charge in [0.2, 0.25) is 0 Å². The average molecular weight is 324 g/mol. The Bertz CT molecular complexity index is 860. The van der Waals surface area contributed by atoms with Gasteiger partial charge in [0.1, 0.15) is 13.2 Å². The quantitative estimate of drug-likeness (QED) is 0.542. The number of hydrogen-bond donors (Lipinski definition) is 0. The first-order valence-electron chi connectivity index (χ1n) is 7.48. The molecule has 0 spiro atoms. The molecule has 6 nitrogen and oxygen atoms in total. The lowest BCUT2D eigenvalue weighted by atomic mass is 10.1. The van der Waals surface area contributed by atoms with Gasteiger partial charge in [-0.3, -0.25) is 9.59 Å². The highest BCUT2D eigenvalue weighted by atomic mass is 16.5. The molecule has 0 bridgehead atoms. The highest BCUT2D eigenvalue weighted by Crippen LogP contribution is 2.23. The first kappa shape index (κ1) is 15.9. The normalized spacial score (nSPS) is 10.8. The summed E-state index contributed by atoms with van der Waals surface area (Å²) in [7, 11) is 0. The monoisotopic (exact) mass is 324 g/mol. The number of aromatic nitrogens is 2. The number of pyridine rings is 2. The summed E-state index contributed by atoms with van der Waals surface area (Å²) < 4.78 is 10.00. The first-order valence-corrected chi connectivity index (χ1v) is 7.48. The van der Waals surface area contributed by atoms with Gasteiger partial charge in [-0.25, -0.2) is 9.97 Å². The van der Waals surface area contributed by atoms with E-state index in [-0.39, 0.29) is 25.2 Å². The zero-order chi connectivity index (χ0) is 17.1. The van der Waals surface area contributed by atoms with Crippen LogP contribution < -0.4 is 0 Å². The van der Waals surface area contributed by atoms with Crippen molar-refractivity contribution >= 4 is 33.7 Å². The van der Waals surface area contributed by atoms with E-state index in [1.165, 1.54) is 13.8 Å². The Balaban J connectivity index is 2.04. The third kappa shape index (κ3) is 3.48. The van der Waals surface area contributed by atoms with Crippen LogP contribution in [0.2, 0.25) is 0 Å². The first-order chi connectivity index (χ1) is 11.5. The van der Waals surface area contributed by atoms with E-state index in [1.54, 1.807) is 0 Å². The van der Waals surface area contributed by atoms with Gasteiger partial charge >= 0.3 is 11.9 Å². The van der Waals surface area contributed by atoms with Crippen LogP contribution in [0.4, 0.5) is 0 Å². The Kier molecular flexibility index (Phi) is 4.37. The van der Waals surface area contributed by atoms with Crippen molar-refractivity contribution < 1.29 is 19.1 Å². The van der Waals surface area contributed by atoms with E-state index in [0.717, 1.165) is 21.8 Å². The van der Waals surface area contributed by atoms with Crippen molar-refractivity contribution in [2.75, 3.05) is 0 Å². The summed E-state index contributed by atoms with van der Waals surface area (Å²) in [5.41, 5.74) is 2.75. The van der Waals surface area contributed by atoms with Gasteiger partial charge in [-0.05, 0) is 12.1 Å². The number of carbonyl (C=O) groups excluding carboxylic acids is 2. The van der Waals surface area contributed by atoms with E-state index in [4.69, 9.17) is 9.47 Å². The van der Waals surface area contributed by atoms with Crippen molar-refractivity contribution in [2.45, 2.75) is 27.1 Å². The van der Waals surface area contributed by atoms with E-state index in [2.05, 4.69) is 9.97 Å². The minimum absolute atomic E-state index is 0.120. The molecule has 3 aromatic rings. The van der Waals surface area contributed by atoms with Crippen molar-refractivity contribution in [3.63, 3.8) is 0 Å². The maximum atomic E-state index is 11.0. The summed E-state index contributed by atoms with van der Waals surface area (Å²) >= 11 is 0. The molecule has 0 aliphatic rings. The molecular formula is C18H16N2O4. The molecule has 0 saturated heterocycles. The fourth-order valence-electron chi connectivity index (χ4n) is 2.36. The number of benzene rings is 1. The summed E-state index contributed by atoms with van der Waals surface area (Å²) in [6, 6.07) is 11.4. The molecule has 2 heterocycles. The SMILES string of the molecule is CC(=O)OCc1ccc2ccc3ccc(COC(C)=O)nc3c2n1. The van der Waals surface area contributed by atoms with Crippen LogP contribution in [0.25, 0.3) is 21.8 Å². The van der Waals surface area contributed by atoms with Gasteiger partial charge in [0, 0.05) is 24.6 Å². The molecule has 2 aromatic heterocycles. The molecule has 0 N–H and O–H groups in total. The predicted octanol–water partition coefficient (Wildman–Crippen LogP) is 2.91. The molecule has 24 heavy (non-hydrogen) atoms. The minimum Gasteiger partial charge on any atom is -0.459 e.